The summed E-state index contributed by atoms with van der Waals surface area (Å²) in [6.45, 7) is 1.69. The minimum absolute atomic E-state index is 0.345. The van der Waals surface area contributed by atoms with Gasteiger partial charge in [0.1, 0.15) is 5.76 Å². The molecule has 0 atom stereocenters. The lowest BCUT2D eigenvalue weighted by molar-refractivity contribution is 0.0846. The number of aromatic nitrogens is 1. The molecule has 25 heavy (non-hydrogen) atoms. The highest BCUT2D eigenvalue weighted by atomic mass is 16.3. The van der Waals surface area contributed by atoms with Crippen LogP contribution in [0.3, 0.4) is 0 Å². The van der Waals surface area contributed by atoms with Crippen LogP contribution in [0.5, 0.6) is 0 Å². The largest absolute Gasteiger partial charge is 0.469 e. The van der Waals surface area contributed by atoms with Crippen LogP contribution >= 0.6 is 0 Å². The van der Waals surface area contributed by atoms with Crippen molar-refractivity contribution in [2.75, 3.05) is 0 Å². The first-order valence-electron chi connectivity index (χ1n) is 8.42. The quantitative estimate of drug-likeness (QED) is 0.628. The Morgan fingerprint density at radius 3 is 2.68 bits per heavy atom. The number of aryl methyl sites for hydroxylation is 3. The SMILES string of the molecule is Cc1occc1C(=O)NNC(=O)c1ccc2[nH]c3c(c2c1)CCCC3. The first-order valence-corrected chi connectivity index (χ1v) is 8.42. The van der Waals surface area contributed by atoms with Gasteiger partial charge in [-0.2, -0.15) is 0 Å². The number of rotatable bonds is 2. The zero-order valence-corrected chi connectivity index (χ0v) is 13.9. The van der Waals surface area contributed by atoms with E-state index in [1.165, 1.54) is 30.4 Å². The van der Waals surface area contributed by atoms with Crippen molar-refractivity contribution in [3.63, 3.8) is 0 Å². The predicted molar refractivity (Wildman–Crippen MR) is 93.3 cm³/mol. The van der Waals surface area contributed by atoms with Crippen molar-refractivity contribution in [2.24, 2.45) is 0 Å². The molecule has 0 fully saturated rings. The Hall–Kier alpha value is -3.02. The first-order chi connectivity index (χ1) is 12.1. The maximum Gasteiger partial charge on any atom is 0.273 e. The third kappa shape index (κ3) is 2.80. The van der Waals surface area contributed by atoms with E-state index in [2.05, 4.69) is 15.8 Å². The molecule has 0 radical (unpaired) electrons. The number of nitrogens with one attached hydrogen (secondary N) is 3. The van der Waals surface area contributed by atoms with Gasteiger partial charge in [-0.15, -0.1) is 0 Å². The lowest BCUT2D eigenvalue weighted by Crippen LogP contribution is -2.41. The van der Waals surface area contributed by atoms with Crippen molar-refractivity contribution in [1.82, 2.24) is 15.8 Å². The fourth-order valence-corrected chi connectivity index (χ4v) is 3.42. The summed E-state index contributed by atoms with van der Waals surface area (Å²) >= 11 is 0. The molecule has 0 bridgehead atoms. The van der Waals surface area contributed by atoms with Gasteiger partial charge in [0, 0.05) is 22.2 Å². The fraction of sp³-hybridized carbons (Fsp3) is 0.263. The van der Waals surface area contributed by atoms with Crippen LogP contribution in [0.2, 0.25) is 0 Å². The summed E-state index contributed by atoms with van der Waals surface area (Å²) < 4.78 is 5.09. The Bertz CT molecular complexity index is 968. The molecule has 3 N–H and O–H groups in total. The molecule has 128 valence electrons. The number of benzene rings is 1. The molecule has 1 aromatic carbocycles. The monoisotopic (exact) mass is 337 g/mol. The lowest BCUT2D eigenvalue weighted by Gasteiger charge is -2.10. The molecular formula is C19H19N3O3. The Labute approximate surface area is 144 Å². The topological polar surface area (TPSA) is 87.1 Å². The standard InChI is InChI=1S/C19H19N3O3/c1-11-13(8-9-25-11)19(24)22-21-18(23)12-6-7-17-15(10-12)14-4-2-3-5-16(14)20-17/h6-10,20H,2-5H2,1H3,(H,21,23)(H,22,24). The summed E-state index contributed by atoms with van der Waals surface area (Å²) in [6.07, 6.45) is 5.92. The number of H-pyrrole nitrogens is 1. The number of hydrogen-bond acceptors (Lipinski definition) is 3. The van der Waals surface area contributed by atoms with Crippen molar-refractivity contribution in [1.29, 1.82) is 0 Å². The maximum atomic E-state index is 12.4. The van der Waals surface area contributed by atoms with Gasteiger partial charge >= 0.3 is 0 Å². The van der Waals surface area contributed by atoms with Crippen LogP contribution in [-0.2, 0) is 12.8 Å². The number of hydrazine groups is 1. The minimum atomic E-state index is -0.403. The zero-order valence-electron chi connectivity index (χ0n) is 13.9. The van der Waals surface area contributed by atoms with E-state index in [9.17, 15) is 9.59 Å². The van der Waals surface area contributed by atoms with E-state index in [0.717, 1.165) is 23.7 Å². The average molecular weight is 337 g/mol. The van der Waals surface area contributed by atoms with E-state index < -0.39 is 5.91 Å². The first kappa shape index (κ1) is 15.5. The normalized spacial score (nSPS) is 13.5. The molecule has 0 saturated heterocycles. The molecule has 6 heteroatoms. The van der Waals surface area contributed by atoms with Crippen molar-refractivity contribution in [3.05, 3.63) is 58.7 Å². The number of carbonyl (C=O) groups excluding carboxylic acids is 2. The summed E-state index contributed by atoms with van der Waals surface area (Å²) in [5.74, 6) is -0.242. The van der Waals surface area contributed by atoms with Crippen molar-refractivity contribution in [2.45, 2.75) is 32.6 Å². The lowest BCUT2D eigenvalue weighted by atomic mass is 9.95. The molecule has 3 aromatic rings. The summed E-state index contributed by atoms with van der Waals surface area (Å²) in [5, 5.41) is 1.10. The van der Waals surface area contributed by atoms with E-state index in [1.54, 1.807) is 19.1 Å². The Kier molecular flexibility index (Phi) is 3.80. The fourth-order valence-electron chi connectivity index (χ4n) is 3.42. The summed E-state index contributed by atoms with van der Waals surface area (Å²) in [7, 11) is 0. The van der Waals surface area contributed by atoms with Crippen LogP contribution in [-0.4, -0.2) is 16.8 Å². The van der Waals surface area contributed by atoms with E-state index >= 15 is 0 Å². The molecule has 0 unspecified atom stereocenters. The number of carbonyl (C=O) groups is 2. The number of aromatic amines is 1. The maximum absolute atomic E-state index is 12.4. The zero-order chi connectivity index (χ0) is 17.4. The van der Waals surface area contributed by atoms with Crippen LogP contribution < -0.4 is 10.9 Å². The Morgan fingerprint density at radius 1 is 1.08 bits per heavy atom. The Morgan fingerprint density at radius 2 is 1.88 bits per heavy atom. The van der Waals surface area contributed by atoms with Crippen molar-refractivity contribution in [3.8, 4) is 0 Å². The highest BCUT2D eigenvalue weighted by molar-refractivity contribution is 6.01. The molecular weight excluding hydrogens is 318 g/mol. The highest BCUT2D eigenvalue weighted by Gasteiger charge is 2.17. The van der Waals surface area contributed by atoms with Gasteiger partial charge < -0.3 is 9.40 Å². The highest BCUT2D eigenvalue weighted by Crippen LogP contribution is 2.29. The van der Waals surface area contributed by atoms with Crippen LogP contribution in [0.4, 0.5) is 0 Å². The second-order valence-electron chi connectivity index (χ2n) is 6.35. The van der Waals surface area contributed by atoms with Gasteiger partial charge in [-0.3, -0.25) is 20.4 Å². The number of hydrogen-bond donors (Lipinski definition) is 3. The number of fused-ring (bicyclic) bond motifs is 3. The van der Waals surface area contributed by atoms with Crippen molar-refractivity contribution < 1.29 is 14.0 Å². The van der Waals surface area contributed by atoms with E-state index in [0.29, 0.717) is 16.9 Å². The molecule has 0 saturated carbocycles. The molecule has 0 spiro atoms. The molecule has 1 aliphatic rings. The predicted octanol–water partition coefficient (Wildman–Crippen LogP) is 3.02. The molecule has 1 aliphatic carbocycles. The van der Waals surface area contributed by atoms with Crippen LogP contribution in [0.15, 0.2) is 34.9 Å². The molecule has 2 amide bonds. The van der Waals surface area contributed by atoms with Gasteiger partial charge in [0.25, 0.3) is 11.8 Å². The molecule has 0 aliphatic heterocycles. The third-order valence-electron chi connectivity index (χ3n) is 4.75. The minimum Gasteiger partial charge on any atom is -0.469 e. The summed E-state index contributed by atoms with van der Waals surface area (Å²) in [6, 6.07) is 7.13. The van der Waals surface area contributed by atoms with Gasteiger partial charge in [-0.05, 0) is 62.4 Å². The summed E-state index contributed by atoms with van der Waals surface area (Å²) in [4.78, 5) is 27.9. The van der Waals surface area contributed by atoms with Gasteiger partial charge in [0.05, 0.1) is 11.8 Å². The van der Waals surface area contributed by atoms with Gasteiger partial charge in [0.2, 0.25) is 0 Å². The van der Waals surface area contributed by atoms with E-state index in [-0.39, 0.29) is 5.91 Å². The second kappa shape index (κ2) is 6.12. The molecule has 2 aromatic heterocycles. The molecule has 2 heterocycles. The smallest absolute Gasteiger partial charge is 0.273 e. The summed E-state index contributed by atoms with van der Waals surface area (Å²) in [5.41, 5.74) is 9.45. The van der Waals surface area contributed by atoms with E-state index in [1.807, 2.05) is 12.1 Å². The second-order valence-corrected chi connectivity index (χ2v) is 6.35. The van der Waals surface area contributed by atoms with Crippen LogP contribution in [0, 0.1) is 6.92 Å². The van der Waals surface area contributed by atoms with E-state index in [4.69, 9.17) is 4.42 Å². The molecule has 4 rings (SSSR count). The van der Waals surface area contributed by atoms with Crippen molar-refractivity contribution >= 4 is 22.7 Å². The number of amides is 2. The number of furan rings is 1. The van der Waals surface area contributed by atoms with Gasteiger partial charge in [0.15, 0.2) is 0 Å². The van der Waals surface area contributed by atoms with Gasteiger partial charge in [-0.1, -0.05) is 0 Å². The van der Waals surface area contributed by atoms with Gasteiger partial charge in [-0.25, -0.2) is 0 Å². The average Bonchev–Trinajstić information content (AvgIpc) is 3.22. The van der Waals surface area contributed by atoms with Crippen LogP contribution in [0.1, 0.15) is 50.6 Å². The third-order valence-corrected chi connectivity index (χ3v) is 4.75. The Balaban J connectivity index is 1.52. The molecule has 6 nitrogen and oxygen atoms in total. The van der Waals surface area contributed by atoms with Crippen LogP contribution in [0.25, 0.3) is 10.9 Å².